The summed E-state index contributed by atoms with van der Waals surface area (Å²) in [4.78, 5) is 8.42. The first-order chi connectivity index (χ1) is 10.1. The SMILES string of the molecule is Fc1ccccc1N1CCN(c2ncc(Cl)cc2Cl)CC1. The average molecular weight is 326 g/mol. The van der Waals surface area contributed by atoms with E-state index in [0.717, 1.165) is 32.0 Å². The molecule has 1 aliphatic rings. The molecule has 2 heterocycles. The number of aromatic nitrogens is 1. The Hall–Kier alpha value is -1.52. The van der Waals surface area contributed by atoms with Crippen LogP contribution in [0.2, 0.25) is 10.0 Å². The van der Waals surface area contributed by atoms with Crippen LogP contribution in [0, 0.1) is 5.82 Å². The summed E-state index contributed by atoms with van der Waals surface area (Å²) in [7, 11) is 0. The second-order valence-electron chi connectivity index (χ2n) is 4.88. The molecule has 2 aromatic rings. The van der Waals surface area contributed by atoms with Crippen LogP contribution in [0.25, 0.3) is 0 Å². The highest BCUT2D eigenvalue weighted by atomic mass is 35.5. The van der Waals surface area contributed by atoms with E-state index >= 15 is 0 Å². The molecule has 1 aliphatic heterocycles. The van der Waals surface area contributed by atoms with Gasteiger partial charge < -0.3 is 9.80 Å². The third-order valence-electron chi connectivity index (χ3n) is 3.56. The number of piperazine rings is 1. The maximum atomic E-state index is 13.8. The van der Waals surface area contributed by atoms with Gasteiger partial charge in [-0.15, -0.1) is 0 Å². The molecular formula is C15H14Cl2FN3. The van der Waals surface area contributed by atoms with Gasteiger partial charge in [0.05, 0.1) is 15.7 Å². The normalized spacial score (nSPS) is 15.4. The fraction of sp³-hybridized carbons (Fsp3) is 0.267. The van der Waals surface area contributed by atoms with E-state index in [1.165, 1.54) is 6.07 Å². The third-order valence-corrected chi connectivity index (χ3v) is 4.05. The molecule has 0 amide bonds. The van der Waals surface area contributed by atoms with Gasteiger partial charge in [-0.05, 0) is 18.2 Å². The topological polar surface area (TPSA) is 19.4 Å². The van der Waals surface area contributed by atoms with Crippen LogP contribution in [0.15, 0.2) is 36.5 Å². The Balaban J connectivity index is 1.72. The molecule has 6 heteroatoms. The lowest BCUT2D eigenvalue weighted by Crippen LogP contribution is -2.47. The Kier molecular flexibility index (Phi) is 4.17. The van der Waals surface area contributed by atoms with Crippen molar-refractivity contribution in [3.05, 3.63) is 52.4 Å². The van der Waals surface area contributed by atoms with Crippen molar-refractivity contribution in [1.29, 1.82) is 0 Å². The van der Waals surface area contributed by atoms with Gasteiger partial charge in [0.25, 0.3) is 0 Å². The number of rotatable bonds is 2. The van der Waals surface area contributed by atoms with Gasteiger partial charge in [-0.1, -0.05) is 35.3 Å². The van der Waals surface area contributed by atoms with E-state index in [4.69, 9.17) is 23.2 Å². The molecule has 0 aliphatic carbocycles. The Labute approximate surface area is 132 Å². The molecule has 0 radical (unpaired) electrons. The average Bonchev–Trinajstić information content (AvgIpc) is 2.48. The maximum Gasteiger partial charge on any atom is 0.147 e. The number of hydrogen-bond acceptors (Lipinski definition) is 3. The number of pyridine rings is 1. The van der Waals surface area contributed by atoms with Gasteiger partial charge >= 0.3 is 0 Å². The first-order valence-electron chi connectivity index (χ1n) is 6.70. The molecule has 110 valence electrons. The number of anilines is 2. The molecule has 0 atom stereocenters. The zero-order chi connectivity index (χ0) is 14.8. The van der Waals surface area contributed by atoms with E-state index in [-0.39, 0.29) is 5.82 Å². The molecule has 1 fully saturated rings. The monoisotopic (exact) mass is 325 g/mol. The Bertz CT molecular complexity index is 643. The van der Waals surface area contributed by atoms with Crippen molar-refractivity contribution in [2.24, 2.45) is 0 Å². The summed E-state index contributed by atoms with van der Waals surface area (Å²) in [6, 6.07) is 8.53. The van der Waals surface area contributed by atoms with Gasteiger partial charge in [0.15, 0.2) is 0 Å². The van der Waals surface area contributed by atoms with E-state index in [1.807, 2.05) is 11.0 Å². The quantitative estimate of drug-likeness (QED) is 0.835. The Morgan fingerprint density at radius 2 is 1.67 bits per heavy atom. The lowest BCUT2D eigenvalue weighted by Gasteiger charge is -2.37. The zero-order valence-corrected chi connectivity index (χ0v) is 12.8. The van der Waals surface area contributed by atoms with Crippen LogP contribution in [0.3, 0.4) is 0 Å². The van der Waals surface area contributed by atoms with Crippen molar-refractivity contribution < 1.29 is 4.39 Å². The van der Waals surface area contributed by atoms with Crippen molar-refractivity contribution in [2.75, 3.05) is 36.0 Å². The van der Waals surface area contributed by atoms with Gasteiger partial charge in [-0.2, -0.15) is 0 Å². The van der Waals surface area contributed by atoms with Crippen LogP contribution < -0.4 is 9.80 Å². The second-order valence-corrected chi connectivity index (χ2v) is 5.73. The summed E-state index contributed by atoms with van der Waals surface area (Å²) >= 11 is 12.0. The molecule has 1 saturated heterocycles. The number of hydrogen-bond donors (Lipinski definition) is 0. The zero-order valence-electron chi connectivity index (χ0n) is 11.3. The van der Waals surface area contributed by atoms with E-state index in [2.05, 4.69) is 9.88 Å². The lowest BCUT2D eigenvalue weighted by molar-refractivity contribution is 0.596. The number of halogens is 3. The smallest absolute Gasteiger partial charge is 0.147 e. The molecule has 0 bridgehead atoms. The molecule has 3 nitrogen and oxygen atoms in total. The minimum Gasteiger partial charge on any atom is -0.366 e. The van der Waals surface area contributed by atoms with Crippen LogP contribution in [-0.2, 0) is 0 Å². The van der Waals surface area contributed by atoms with Crippen molar-refractivity contribution in [3.8, 4) is 0 Å². The molecule has 0 N–H and O–H groups in total. The predicted molar refractivity (Wildman–Crippen MR) is 85.1 cm³/mol. The predicted octanol–water partition coefficient (Wildman–Crippen LogP) is 3.85. The highest BCUT2D eigenvalue weighted by Gasteiger charge is 2.21. The van der Waals surface area contributed by atoms with E-state index < -0.39 is 0 Å². The summed E-state index contributed by atoms with van der Waals surface area (Å²) in [5, 5.41) is 1.07. The lowest BCUT2D eigenvalue weighted by atomic mass is 10.2. The van der Waals surface area contributed by atoms with Crippen LogP contribution in [0.4, 0.5) is 15.9 Å². The molecular weight excluding hydrogens is 312 g/mol. The maximum absolute atomic E-state index is 13.8. The van der Waals surface area contributed by atoms with Crippen LogP contribution in [0.5, 0.6) is 0 Å². The van der Waals surface area contributed by atoms with E-state index in [9.17, 15) is 4.39 Å². The van der Waals surface area contributed by atoms with Gasteiger partial charge in [-0.25, -0.2) is 9.37 Å². The minimum absolute atomic E-state index is 0.186. The van der Waals surface area contributed by atoms with Crippen molar-refractivity contribution in [2.45, 2.75) is 0 Å². The summed E-state index contributed by atoms with van der Waals surface area (Å²) < 4.78 is 13.8. The van der Waals surface area contributed by atoms with Crippen LogP contribution in [-0.4, -0.2) is 31.2 Å². The van der Waals surface area contributed by atoms with Crippen molar-refractivity contribution in [1.82, 2.24) is 4.98 Å². The number of benzene rings is 1. The molecule has 0 saturated carbocycles. The minimum atomic E-state index is -0.186. The highest BCUT2D eigenvalue weighted by Crippen LogP contribution is 2.28. The van der Waals surface area contributed by atoms with Gasteiger partial charge in [0, 0.05) is 32.4 Å². The highest BCUT2D eigenvalue weighted by molar-refractivity contribution is 6.36. The molecule has 3 rings (SSSR count). The Morgan fingerprint density at radius 1 is 1.00 bits per heavy atom. The van der Waals surface area contributed by atoms with Crippen molar-refractivity contribution >= 4 is 34.7 Å². The van der Waals surface area contributed by atoms with Gasteiger partial charge in [-0.3, -0.25) is 0 Å². The Morgan fingerprint density at radius 3 is 2.33 bits per heavy atom. The van der Waals surface area contributed by atoms with Crippen molar-refractivity contribution in [3.63, 3.8) is 0 Å². The summed E-state index contributed by atoms with van der Waals surface area (Å²) in [5.41, 5.74) is 0.646. The fourth-order valence-corrected chi connectivity index (χ4v) is 3.01. The van der Waals surface area contributed by atoms with Crippen LogP contribution in [0.1, 0.15) is 0 Å². The van der Waals surface area contributed by atoms with Gasteiger partial charge in [0.2, 0.25) is 0 Å². The molecule has 0 unspecified atom stereocenters. The molecule has 1 aromatic heterocycles. The van der Waals surface area contributed by atoms with Crippen LogP contribution >= 0.6 is 23.2 Å². The number of nitrogens with zero attached hydrogens (tertiary/aromatic N) is 3. The fourth-order valence-electron chi connectivity index (χ4n) is 2.51. The summed E-state index contributed by atoms with van der Waals surface area (Å²) in [6.07, 6.45) is 1.59. The number of para-hydroxylation sites is 1. The summed E-state index contributed by atoms with van der Waals surface area (Å²) in [6.45, 7) is 2.93. The second kappa shape index (κ2) is 6.08. The molecule has 21 heavy (non-hydrogen) atoms. The largest absolute Gasteiger partial charge is 0.366 e. The van der Waals surface area contributed by atoms with E-state index in [0.29, 0.717) is 15.7 Å². The first kappa shape index (κ1) is 14.4. The van der Waals surface area contributed by atoms with E-state index in [1.54, 1.807) is 24.4 Å². The summed E-state index contributed by atoms with van der Waals surface area (Å²) in [5.74, 6) is 0.544. The first-order valence-corrected chi connectivity index (χ1v) is 7.46. The standard InChI is InChI=1S/C15H14Cl2FN3/c16-11-9-12(17)15(19-10-11)21-7-5-20(6-8-21)14-4-2-1-3-13(14)18/h1-4,9-10H,5-8H2. The molecule has 0 spiro atoms. The van der Waals surface area contributed by atoms with Gasteiger partial charge in [0.1, 0.15) is 11.6 Å². The molecule has 1 aromatic carbocycles. The third kappa shape index (κ3) is 3.06.